The fourth-order valence-electron chi connectivity index (χ4n) is 1.05. The van der Waals surface area contributed by atoms with Crippen molar-refractivity contribution in [3.8, 4) is 0 Å². The van der Waals surface area contributed by atoms with Gasteiger partial charge in [0.2, 0.25) is 10.0 Å². The molecule has 86 valence electrons. The molecule has 0 fully saturated rings. The molecule has 0 atom stereocenters. The maximum Gasteiger partial charge on any atom is 0.211 e. The van der Waals surface area contributed by atoms with Gasteiger partial charge < -0.3 is 5.11 Å². The zero-order valence-electron chi connectivity index (χ0n) is 8.83. The predicted octanol–water partition coefficient (Wildman–Crippen LogP) is 0.868. The second-order valence-corrected chi connectivity index (χ2v) is 5.28. The SMILES string of the molecule is CCCCS(=O)(=O)NCCCCCO. The Labute approximate surface area is 86.8 Å². The average Bonchev–Trinajstić information content (AvgIpc) is 2.15. The first-order chi connectivity index (χ1) is 6.62. The molecule has 0 spiro atoms. The van der Waals surface area contributed by atoms with Crippen LogP contribution in [0.25, 0.3) is 0 Å². The van der Waals surface area contributed by atoms with Crippen molar-refractivity contribution in [1.29, 1.82) is 0 Å². The van der Waals surface area contributed by atoms with E-state index in [-0.39, 0.29) is 12.4 Å². The molecule has 5 heteroatoms. The van der Waals surface area contributed by atoms with Crippen molar-refractivity contribution in [2.45, 2.75) is 39.0 Å². The van der Waals surface area contributed by atoms with Gasteiger partial charge in [-0.25, -0.2) is 13.1 Å². The molecule has 0 saturated carbocycles. The number of sulfonamides is 1. The summed E-state index contributed by atoms with van der Waals surface area (Å²) < 4.78 is 25.1. The Bertz CT molecular complexity index is 214. The Morgan fingerprint density at radius 3 is 2.43 bits per heavy atom. The van der Waals surface area contributed by atoms with E-state index in [9.17, 15) is 8.42 Å². The van der Waals surface area contributed by atoms with Crippen LogP contribution >= 0.6 is 0 Å². The number of unbranched alkanes of at least 4 members (excludes halogenated alkanes) is 3. The van der Waals surface area contributed by atoms with E-state index >= 15 is 0 Å². The van der Waals surface area contributed by atoms with Gasteiger partial charge in [-0.2, -0.15) is 0 Å². The summed E-state index contributed by atoms with van der Waals surface area (Å²) >= 11 is 0. The van der Waals surface area contributed by atoms with Crippen LogP contribution in [0.1, 0.15) is 39.0 Å². The second kappa shape index (κ2) is 8.20. The van der Waals surface area contributed by atoms with Gasteiger partial charge in [0, 0.05) is 13.2 Å². The van der Waals surface area contributed by atoms with Gasteiger partial charge in [0.1, 0.15) is 0 Å². The zero-order valence-corrected chi connectivity index (χ0v) is 9.65. The predicted molar refractivity (Wildman–Crippen MR) is 57.6 cm³/mol. The van der Waals surface area contributed by atoms with Crippen LogP contribution in [0, 0.1) is 0 Å². The van der Waals surface area contributed by atoms with Gasteiger partial charge in [0.25, 0.3) is 0 Å². The van der Waals surface area contributed by atoms with Crippen LogP contribution in [0.5, 0.6) is 0 Å². The summed E-state index contributed by atoms with van der Waals surface area (Å²) in [6, 6.07) is 0. The largest absolute Gasteiger partial charge is 0.396 e. The molecule has 0 aromatic rings. The maximum atomic E-state index is 11.3. The van der Waals surface area contributed by atoms with E-state index in [2.05, 4.69) is 4.72 Å². The van der Waals surface area contributed by atoms with E-state index in [1.165, 1.54) is 0 Å². The summed E-state index contributed by atoms with van der Waals surface area (Å²) in [6.07, 6.45) is 4.02. The van der Waals surface area contributed by atoms with E-state index in [1.54, 1.807) is 0 Å². The van der Waals surface area contributed by atoms with Crippen molar-refractivity contribution in [1.82, 2.24) is 4.72 Å². The lowest BCUT2D eigenvalue weighted by Gasteiger charge is -2.05. The van der Waals surface area contributed by atoms with Crippen LogP contribution in [0.15, 0.2) is 0 Å². The normalized spacial score (nSPS) is 11.9. The maximum absolute atomic E-state index is 11.3. The first-order valence-electron chi connectivity index (χ1n) is 5.20. The number of rotatable bonds is 9. The molecule has 0 aliphatic rings. The quantitative estimate of drug-likeness (QED) is 0.570. The Morgan fingerprint density at radius 1 is 1.14 bits per heavy atom. The average molecular weight is 223 g/mol. The molecule has 0 aromatic carbocycles. The minimum absolute atomic E-state index is 0.183. The number of aliphatic hydroxyl groups is 1. The van der Waals surface area contributed by atoms with Crippen LogP contribution < -0.4 is 4.72 Å². The van der Waals surface area contributed by atoms with Crippen LogP contribution in [0.3, 0.4) is 0 Å². The Hall–Kier alpha value is -0.130. The second-order valence-electron chi connectivity index (χ2n) is 3.35. The minimum atomic E-state index is -3.04. The summed E-state index contributed by atoms with van der Waals surface area (Å²) in [5.74, 6) is 0.226. The van der Waals surface area contributed by atoms with Gasteiger partial charge in [-0.05, 0) is 25.7 Å². The van der Waals surface area contributed by atoms with E-state index in [1.807, 2.05) is 6.92 Å². The first kappa shape index (κ1) is 13.9. The lowest BCUT2D eigenvalue weighted by molar-refractivity contribution is 0.283. The van der Waals surface area contributed by atoms with Crippen molar-refractivity contribution >= 4 is 10.0 Å². The highest BCUT2D eigenvalue weighted by Gasteiger charge is 2.07. The lowest BCUT2D eigenvalue weighted by Crippen LogP contribution is -2.27. The number of nitrogens with one attached hydrogen (secondary N) is 1. The summed E-state index contributed by atoms with van der Waals surface area (Å²) in [5.41, 5.74) is 0. The molecule has 0 bridgehead atoms. The third-order valence-corrected chi connectivity index (χ3v) is 3.39. The summed E-state index contributed by atoms with van der Waals surface area (Å²) in [6.45, 7) is 2.64. The molecule has 0 radical (unpaired) electrons. The molecular weight excluding hydrogens is 202 g/mol. The van der Waals surface area contributed by atoms with Gasteiger partial charge in [-0.15, -0.1) is 0 Å². The monoisotopic (exact) mass is 223 g/mol. The molecular formula is C9H21NO3S. The van der Waals surface area contributed by atoms with Gasteiger partial charge in [0.05, 0.1) is 5.75 Å². The Balaban J connectivity index is 3.46. The Kier molecular flexibility index (Phi) is 8.12. The van der Waals surface area contributed by atoms with Crippen molar-refractivity contribution < 1.29 is 13.5 Å². The molecule has 0 rings (SSSR count). The summed E-state index contributed by atoms with van der Waals surface area (Å²) in [5, 5.41) is 8.50. The molecule has 0 aliphatic carbocycles. The van der Waals surface area contributed by atoms with E-state index in [4.69, 9.17) is 5.11 Å². The van der Waals surface area contributed by atoms with Crippen molar-refractivity contribution in [2.24, 2.45) is 0 Å². The molecule has 14 heavy (non-hydrogen) atoms. The van der Waals surface area contributed by atoms with E-state index in [0.29, 0.717) is 13.0 Å². The zero-order chi connectivity index (χ0) is 10.9. The third kappa shape index (κ3) is 8.47. The molecule has 0 heterocycles. The third-order valence-electron chi connectivity index (χ3n) is 1.92. The van der Waals surface area contributed by atoms with Gasteiger partial charge >= 0.3 is 0 Å². The number of hydrogen-bond acceptors (Lipinski definition) is 3. The highest BCUT2D eigenvalue weighted by atomic mass is 32.2. The van der Waals surface area contributed by atoms with Gasteiger partial charge in [-0.3, -0.25) is 0 Å². The van der Waals surface area contributed by atoms with Crippen LogP contribution in [-0.2, 0) is 10.0 Å². The fraction of sp³-hybridized carbons (Fsp3) is 1.00. The molecule has 0 aliphatic heterocycles. The molecule has 0 saturated heterocycles. The van der Waals surface area contributed by atoms with Crippen molar-refractivity contribution in [3.05, 3.63) is 0 Å². The highest BCUT2D eigenvalue weighted by Crippen LogP contribution is 1.96. The molecule has 0 unspecified atom stereocenters. The Morgan fingerprint density at radius 2 is 1.86 bits per heavy atom. The smallest absolute Gasteiger partial charge is 0.211 e. The fourth-order valence-corrected chi connectivity index (χ4v) is 2.32. The number of hydrogen-bond donors (Lipinski definition) is 2. The topological polar surface area (TPSA) is 66.4 Å². The summed E-state index contributed by atoms with van der Waals surface area (Å²) in [4.78, 5) is 0. The van der Waals surface area contributed by atoms with E-state index < -0.39 is 10.0 Å². The van der Waals surface area contributed by atoms with Crippen molar-refractivity contribution in [3.63, 3.8) is 0 Å². The van der Waals surface area contributed by atoms with Crippen molar-refractivity contribution in [2.75, 3.05) is 18.9 Å². The minimum Gasteiger partial charge on any atom is -0.396 e. The van der Waals surface area contributed by atoms with Crippen LogP contribution in [0.2, 0.25) is 0 Å². The number of aliphatic hydroxyl groups excluding tert-OH is 1. The highest BCUT2D eigenvalue weighted by molar-refractivity contribution is 7.89. The van der Waals surface area contributed by atoms with Crippen LogP contribution in [0.4, 0.5) is 0 Å². The lowest BCUT2D eigenvalue weighted by atomic mass is 10.2. The molecule has 2 N–H and O–H groups in total. The molecule has 0 amide bonds. The molecule has 4 nitrogen and oxygen atoms in total. The molecule has 0 aromatic heterocycles. The standard InChI is InChI=1S/C9H21NO3S/c1-2-3-9-14(12,13)10-7-5-4-6-8-11/h10-11H,2-9H2,1H3. The first-order valence-corrected chi connectivity index (χ1v) is 6.86. The van der Waals surface area contributed by atoms with Gasteiger partial charge in [0.15, 0.2) is 0 Å². The van der Waals surface area contributed by atoms with Crippen LogP contribution in [-0.4, -0.2) is 32.4 Å². The van der Waals surface area contributed by atoms with Gasteiger partial charge in [-0.1, -0.05) is 13.3 Å². The van der Waals surface area contributed by atoms with E-state index in [0.717, 1.165) is 25.7 Å². The summed E-state index contributed by atoms with van der Waals surface area (Å²) in [7, 11) is -3.04.